The number of anilines is 1. The zero-order valence-corrected chi connectivity index (χ0v) is 12.5. The van der Waals surface area contributed by atoms with Crippen LogP contribution in [0.15, 0.2) is 24.9 Å². The summed E-state index contributed by atoms with van der Waals surface area (Å²) in [6.45, 7) is 3.72. The smallest absolute Gasteiger partial charge is 0.220 e. The predicted octanol–water partition coefficient (Wildman–Crippen LogP) is 2.25. The highest BCUT2D eigenvalue weighted by Crippen LogP contribution is 2.35. The van der Waals surface area contributed by atoms with E-state index in [4.69, 9.17) is 28.5 Å². The van der Waals surface area contributed by atoms with E-state index in [1.807, 2.05) is 0 Å². The Morgan fingerprint density at radius 3 is 2.78 bits per heavy atom. The Kier molecular flexibility index (Phi) is 3.45. The van der Waals surface area contributed by atoms with Gasteiger partial charge in [-0.25, -0.2) is 19.3 Å². The van der Waals surface area contributed by atoms with Crippen molar-refractivity contribution in [3.05, 3.63) is 41.6 Å². The summed E-state index contributed by atoms with van der Waals surface area (Å²) < 4.78 is 15.2. The van der Waals surface area contributed by atoms with Crippen molar-refractivity contribution in [1.82, 2.24) is 19.5 Å². The number of nitrogens with two attached hydrogens (primary N) is 2. The zero-order chi connectivity index (χ0) is 16.7. The van der Waals surface area contributed by atoms with Crippen LogP contribution in [0.5, 0.6) is 0 Å². The molecule has 0 unspecified atom stereocenters. The van der Waals surface area contributed by atoms with Gasteiger partial charge in [0.05, 0.1) is 11.4 Å². The molecule has 0 atom stereocenters. The highest BCUT2D eigenvalue weighted by Gasteiger charge is 2.22. The molecule has 23 heavy (non-hydrogen) atoms. The van der Waals surface area contributed by atoms with Gasteiger partial charge in [0.25, 0.3) is 0 Å². The number of hydrogen-bond donors (Lipinski definition) is 3. The lowest BCUT2D eigenvalue weighted by Gasteiger charge is -2.05. The monoisotopic (exact) mass is 331 g/mol. The first-order valence-electron chi connectivity index (χ1n) is 6.40. The zero-order valence-electron chi connectivity index (χ0n) is 11.7. The van der Waals surface area contributed by atoms with Gasteiger partial charge in [-0.3, -0.25) is 9.98 Å². The summed E-state index contributed by atoms with van der Waals surface area (Å²) in [6, 6.07) is 2.82. The van der Waals surface area contributed by atoms with Gasteiger partial charge in [-0.2, -0.15) is 0 Å². The van der Waals surface area contributed by atoms with Crippen LogP contribution >= 0.6 is 11.6 Å². The van der Waals surface area contributed by atoms with Crippen LogP contribution in [0.2, 0.25) is 5.15 Å². The lowest BCUT2D eigenvalue weighted by Crippen LogP contribution is -2.22. The molecular weight excluding hydrogens is 321 g/mol. The minimum Gasteiger partial charge on any atom is -0.369 e. The van der Waals surface area contributed by atoms with E-state index in [0.29, 0.717) is 22.3 Å². The van der Waals surface area contributed by atoms with Crippen molar-refractivity contribution in [3.63, 3.8) is 0 Å². The fourth-order valence-corrected chi connectivity index (χ4v) is 2.53. The van der Waals surface area contributed by atoms with Gasteiger partial charge < -0.3 is 11.5 Å². The summed E-state index contributed by atoms with van der Waals surface area (Å²) >= 11 is 5.76. The Balaban J connectivity index is 2.52. The number of rotatable bonds is 2. The lowest BCUT2D eigenvalue weighted by atomic mass is 10.1. The van der Waals surface area contributed by atoms with Crippen molar-refractivity contribution in [2.45, 2.75) is 0 Å². The number of hydrogen-bond acceptors (Lipinski definition) is 5. The number of nitrogens with zero attached hydrogens (tertiary/aromatic N) is 4. The molecule has 5 N–H and O–H groups in total. The third-order valence-electron chi connectivity index (χ3n) is 3.26. The Morgan fingerprint density at radius 1 is 1.43 bits per heavy atom. The molecule has 0 aliphatic heterocycles. The number of nitrogen functional groups attached to an aromatic ring is 2. The summed E-state index contributed by atoms with van der Waals surface area (Å²) in [5.74, 6) is -0.948. The Morgan fingerprint density at radius 2 is 2.17 bits per heavy atom. The van der Waals surface area contributed by atoms with Gasteiger partial charge >= 0.3 is 0 Å². The van der Waals surface area contributed by atoms with Gasteiger partial charge in [0.15, 0.2) is 16.9 Å². The number of pyridine rings is 1. The quantitative estimate of drug-likeness (QED) is 0.378. The molecule has 0 bridgehead atoms. The van der Waals surface area contributed by atoms with Crippen LogP contribution < -0.4 is 11.5 Å². The van der Waals surface area contributed by atoms with Gasteiger partial charge in [0.1, 0.15) is 5.65 Å². The maximum Gasteiger partial charge on any atom is 0.220 e. The summed E-state index contributed by atoms with van der Waals surface area (Å²) in [4.78, 5) is 12.0. The molecule has 7 nitrogen and oxygen atoms in total. The minimum atomic E-state index is -0.696. The first-order valence-corrected chi connectivity index (χ1v) is 6.78. The van der Waals surface area contributed by atoms with Crippen LogP contribution in [0.4, 0.5) is 10.3 Å². The summed E-state index contributed by atoms with van der Waals surface area (Å²) in [7, 11) is 0. The Hall–Kier alpha value is -3.00. The Bertz CT molecular complexity index is 963. The standard InChI is InChI=1S/C14H11ClFN7/c1-2-9-10(8-3-4-20-14(19)21-8)6-5-7(16)11(15)22-12(6)23(9)13(17)18/h2-5H,1H2,(H3,17,18)(H2,19,20,21). The fraction of sp³-hybridized carbons (Fsp3) is 0. The molecule has 9 heteroatoms. The molecule has 116 valence electrons. The second kappa shape index (κ2) is 5.33. The van der Waals surface area contributed by atoms with Gasteiger partial charge in [-0.05, 0) is 18.2 Å². The Labute approximate surface area is 134 Å². The first kappa shape index (κ1) is 14.9. The van der Waals surface area contributed by atoms with Gasteiger partial charge in [0.2, 0.25) is 5.95 Å². The third-order valence-corrected chi connectivity index (χ3v) is 3.52. The number of aromatic nitrogens is 4. The van der Waals surface area contributed by atoms with Crippen molar-refractivity contribution in [3.8, 4) is 11.3 Å². The van der Waals surface area contributed by atoms with Crippen molar-refractivity contribution < 1.29 is 4.39 Å². The van der Waals surface area contributed by atoms with E-state index < -0.39 is 5.82 Å². The van der Waals surface area contributed by atoms with Crippen LogP contribution in [0.25, 0.3) is 28.4 Å². The first-order chi connectivity index (χ1) is 10.9. The molecule has 0 saturated carbocycles. The minimum absolute atomic E-state index is 0.0589. The number of halogens is 2. The third kappa shape index (κ3) is 2.29. The fourth-order valence-electron chi connectivity index (χ4n) is 2.40. The van der Waals surface area contributed by atoms with Crippen LogP contribution in [0, 0.1) is 11.2 Å². The van der Waals surface area contributed by atoms with Crippen molar-refractivity contribution in [2.75, 3.05) is 5.73 Å². The van der Waals surface area contributed by atoms with Gasteiger partial charge in [-0.15, -0.1) is 0 Å². The molecule has 0 amide bonds. The van der Waals surface area contributed by atoms with E-state index in [1.165, 1.54) is 22.9 Å². The van der Waals surface area contributed by atoms with E-state index in [1.54, 1.807) is 6.07 Å². The summed E-state index contributed by atoms with van der Waals surface area (Å²) in [5, 5.41) is 7.83. The van der Waals surface area contributed by atoms with E-state index in [9.17, 15) is 4.39 Å². The van der Waals surface area contributed by atoms with Crippen LogP contribution in [0.3, 0.4) is 0 Å². The van der Waals surface area contributed by atoms with Crippen molar-refractivity contribution >= 4 is 40.6 Å². The summed E-state index contributed by atoms with van der Waals surface area (Å²) in [5.41, 5.74) is 12.8. The van der Waals surface area contributed by atoms with Crippen molar-refractivity contribution in [2.24, 2.45) is 5.73 Å². The normalized spacial score (nSPS) is 10.9. The molecule has 0 spiro atoms. The maximum atomic E-state index is 13.9. The van der Waals surface area contributed by atoms with Gasteiger partial charge in [-0.1, -0.05) is 18.2 Å². The lowest BCUT2D eigenvalue weighted by molar-refractivity contribution is 0.624. The van der Waals surface area contributed by atoms with Gasteiger partial charge in [0, 0.05) is 17.1 Å². The largest absolute Gasteiger partial charge is 0.369 e. The SMILES string of the molecule is C=Cc1c(-c2ccnc(N)n2)c2cc(F)c(Cl)nc2n1C(=N)N. The maximum absolute atomic E-state index is 13.9. The molecule has 0 aromatic carbocycles. The van der Waals surface area contributed by atoms with E-state index in [-0.39, 0.29) is 22.7 Å². The highest BCUT2D eigenvalue weighted by molar-refractivity contribution is 6.30. The van der Waals surface area contributed by atoms with E-state index in [2.05, 4.69) is 21.5 Å². The molecule has 3 rings (SSSR count). The molecule has 3 aromatic rings. The molecule has 0 radical (unpaired) electrons. The van der Waals surface area contributed by atoms with E-state index in [0.717, 1.165) is 0 Å². The second-order valence-electron chi connectivity index (χ2n) is 4.62. The summed E-state index contributed by atoms with van der Waals surface area (Å²) in [6.07, 6.45) is 2.95. The molecular formula is C14H11ClFN7. The average molecular weight is 332 g/mol. The van der Waals surface area contributed by atoms with Crippen molar-refractivity contribution in [1.29, 1.82) is 5.41 Å². The molecule has 0 aliphatic carbocycles. The van der Waals surface area contributed by atoms with E-state index >= 15 is 0 Å². The highest BCUT2D eigenvalue weighted by atomic mass is 35.5. The molecule has 3 heterocycles. The van der Waals surface area contributed by atoms with Crippen LogP contribution in [0.1, 0.15) is 5.69 Å². The average Bonchev–Trinajstić information content (AvgIpc) is 2.81. The predicted molar refractivity (Wildman–Crippen MR) is 87.5 cm³/mol. The second-order valence-corrected chi connectivity index (χ2v) is 4.98. The number of nitrogens with one attached hydrogen (secondary N) is 1. The number of fused-ring (bicyclic) bond motifs is 1. The molecule has 0 saturated heterocycles. The molecule has 0 fully saturated rings. The molecule has 0 aliphatic rings. The molecule has 3 aromatic heterocycles. The van der Waals surface area contributed by atoms with Crippen LogP contribution in [-0.2, 0) is 0 Å². The van der Waals surface area contributed by atoms with Crippen LogP contribution in [-0.4, -0.2) is 25.5 Å². The topological polar surface area (TPSA) is 119 Å².